The molecule has 1 aromatic rings. The summed E-state index contributed by atoms with van der Waals surface area (Å²) in [6.07, 6.45) is 1.64. The monoisotopic (exact) mass is 243 g/mol. The Labute approximate surface area is 85.3 Å². The molecular weight excluding hydrogens is 234 g/mol. The van der Waals surface area contributed by atoms with Crippen molar-refractivity contribution < 1.29 is 9.53 Å². The summed E-state index contributed by atoms with van der Waals surface area (Å²) in [4.78, 5) is 15.4. The Morgan fingerprint density at radius 2 is 2.38 bits per heavy atom. The average molecular weight is 244 g/mol. The van der Waals surface area contributed by atoms with Crippen LogP contribution in [-0.2, 0) is 4.74 Å². The number of hydrogen-bond donors (Lipinski definition) is 0. The van der Waals surface area contributed by atoms with Crippen LogP contribution in [0.4, 0.5) is 0 Å². The predicted octanol–water partition coefficient (Wildman–Crippen LogP) is 2.33. The second-order valence-electron chi connectivity index (χ2n) is 2.51. The van der Waals surface area contributed by atoms with Gasteiger partial charge in [0, 0.05) is 6.20 Å². The Bertz CT molecular complexity index is 305. The van der Waals surface area contributed by atoms with E-state index in [1.165, 1.54) is 0 Å². The molecule has 13 heavy (non-hydrogen) atoms. The van der Waals surface area contributed by atoms with E-state index in [4.69, 9.17) is 4.74 Å². The lowest BCUT2D eigenvalue weighted by molar-refractivity contribution is 0.0524. The van der Waals surface area contributed by atoms with Crippen LogP contribution in [0, 0.1) is 6.92 Å². The molecule has 70 valence electrons. The maximum atomic E-state index is 11.4. The van der Waals surface area contributed by atoms with E-state index in [1.807, 2.05) is 6.92 Å². The van der Waals surface area contributed by atoms with Gasteiger partial charge in [0.1, 0.15) is 4.60 Å². The lowest BCUT2D eigenvalue weighted by Gasteiger charge is -2.05. The summed E-state index contributed by atoms with van der Waals surface area (Å²) < 4.78 is 5.41. The number of carbonyl (C=O) groups is 1. The van der Waals surface area contributed by atoms with Crippen LogP contribution in [0.1, 0.15) is 22.8 Å². The third-order valence-corrected chi connectivity index (χ3v) is 2.19. The quantitative estimate of drug-likeness (QED) is 0.592. The van der Waals surface area contributed by atoms with Crippen LogP contribution in [0.2, 0.25) is 0 Å². The van der Waals surface area contributed by atoms with Gasteiger partial charge < -0.3 is 4.74 Å². The van der Waals surface area contributed by atoms with Crippen molar-refractivity contribution >= 4 is 21.9 Å². The molecule has 0 amide bonds. The molecule has 1 heterocycles. The molecule has 0 radical (unpaired) electrons. The van der Waals surface area contributed by atoms with Gasteiger partial charge in [0.2, 0.25) is 0 Å². The van der Waals surface area contributed by atoms with Crippen LogP contribution in [-0.4, -0.2) is 17.6 Å². The van der Waals surface area contributed by atoms with Crippen molar-refractivity contribution in [3.63, 3.8) is 0 Å². The molecule has 0 aliphatic heterocycles. The van der Waals surface area contributed by atoms with Crippen molar-refractivity contribution in [1.29, 1.82) is 0 Å². The topological polar surface area (TPSA) is 39.2 Å². The predicted molar refractivity (Wildman–Crippen MR) is 52.6 cm³/mol. The van der Waals surface area contributed by atoms with Gasteiger partial charge >= 0.3 is 5.97 Å². The largest absolute Gasteiger partial charge is 0.462 e. The molecule has 0 aromatic carbocycles. The highest BCUT2D eigenvalue weighted by Crippen LogP contribution is 2.18. The summed E-state index contributed by atoms with van der Waals surface area (Å²) in [5.74, 6) is -0.333. The van der Waals surface area contributed by atoms with E-state index in [-0.39, 0.29) is 5.97 Å². The number of pyridine rings is 1. The molecule has 0 spiro atoms. The van der Waals surface area contributed by atoms with Gasteiger partial charge in [-0.2, -0.15) is 0 Å². The van der Waals surface area contributed by atoms with Gasteiger partial charge in [0.15, 0.2) is 0 Å². The molecule has 1 rings (SSSR count). The van der Waals surface area contributed by atoms with Crippen molar-refractivity contribution in [2.45, 2.75) is 13.8 Å². The summed E-state index contributed by atoms with van der Waals surface area (Å²) in [6.45, 7) is 4.00. The molecule has 0 fully saturated rings. The van der Waals surface area contributed by atoms with Gasteiger partial charge in [-0.05, 0) is 41.4 Å². The van der Waals surface area contributed by atoms with Gasteiger partial charge in [0.25, 0.3) is 0 Å². The smallest absolute Gasteiger partial charge is 0.341 e. The summed E-state index contributed by atoms with van der Waals surface area (Å²) in [5, 5.41) is 0. The number of hydrogen-bond acceptors (Lipinski definition) is 3. The zero-order valence-electron chi connectivity index (χ0n) is 7.50. The van der Waals surface area contributed by atoms with Crippen molar-refractivity contribution in [2.24, 2.45) is 0 Å². The number of aryl methyl sites for hydroxylation is 1. The van der Waals surface area contributed by atoms with E-state index in [1.54, 1.807) is 19.2 Å². The fraction of sp³-hybridized carbons (Fsp3) is 0.333. The lowest BCUT2D eigenvalue weighted by atomic mass is 10.2. The van der Waals surface area contributed by atoms with Crippen molar-refractivity contribution in [3.8, 4) is 0 Å². The number of aromatic nitrogens is 1. The first-order valence-electron chi connectivity index (χ1n) is 3.95. The van der Waals surface area contributed by atoms with E-state index in [2.05, 4.69) is 20.9 Å². The molecule has 0 bridgehead atoms. The van der Waals surface area contributed by atoms with E-state index in [0.717, 1.165) is 5.56 Å². The van der Waals surface area contributed by atoms with Gasteiger partial charge in [-0.3, -0.25) is 0 Å². The summed E-state index contributed by atoms with van der Waals surface area (Å²) in [6, 6.07) is 1.77. The maximum absolute atomic E-state index is 11.4. The Morgan fingerprint density at radius 1 is 1.69 bits per heavy atom. The molecule has 0 atom stereocenters. The Balaban J connectivity index is 3.05. The number of halogens is 1. The zero-order chi connectivity index (χ0) is 9.84. The van der Waals surface area contributed by atoms with E-state index >= 15 is 0 Å². The Morgan fingerprint density at radius 3 is 2.92 bits per heavy atom. The Hall–Kier alpha value is -0.900. The SMILES string of the molecule is CCOC(=O)c1c(C)ccnc1Br. The first-order valence-corrected chi connectivity index (χ1v) is 4.74. The highest BCUT2D eigenvalue weighted by atomic mass is 79.9. The highest BCUT2D eigenvalue weighted by Gasteiger charge is 2.14. The van der Waals surface area contributed by atoms with E-state index in [0.29, 0.717) is 16.8 Å². The van der Waals surface area contributed by atoms with Crippen LogP contribution in [0.5, 0.6) is 0 Å². The van der Waals surface area contributed by atoms with Crippen LogP contribution in [0.15, 0.2) is 16.9 Å². The summed E-state index contributed by atoms with van der Waals surface area (Å²) in [7, 11) is 0. The fourth-order valence-corrected chi connectivity index (χ4v) is 1.57. The van der Waals surface area contributed by atoms with Gasteiger partial charge in [-0.1, -0.05) is 0 Å². The second kappa shape index (κ2) is 4.37. The van der Waals surface area contributed by atoms with Gasteiger partial charge in [0.05, 0.1) is 12.2 Å². The summed E-state index contributed by atoms with van der Waals surface area (Å²) in [5.41, 5.74) is 1.37. The van der Waals surface area contributed by atoms with Crippen molar-refractivity contribution in [1.82, 2.24) is 4.98 Å². The number of carbonyl (C=O) groups excluding carboxylic acids is 1. The van der Waals surface area contributed by atoms with Crippen LogP contribution in [0.25, 0.3) is 0 Å². The third-order valence-electron chi connectivity index (χ3n) is 1.59. The molecule has 4 heteroatoms. The first-order chi connectivity index (χ1) is 6.16. The minimum atomic E-state index is -0.333. The fourth-order valence-electron chi connectivity index (χ4n) is 0.974. The Kier molecular flexibility index (Phi) is 3.42. The average Bonchev–Trinajstić information content (AvgIpc) is 2.04. The van der Waals surface area contributed by atoms with Crippen LogP contribution in [0.3, 0.4) is 0 Å². The van der Waals surface area contributed by atoms with Crippen molar-refractivity contribution in [3.05, 3.63) is 28.0 Å². The van der Waals surface area contributed by atoms with Crippen LogP contribution < -0.4 is 0 Å². The van der Waals surface area contributed by atoms with E-state index < -0.39 is 0 Å². The van der Waals surface area contributed by atoms with Crippen LogP contribution >= 0.6 is 15.9 Å². The number of ether oxygens (including phenoxy) is 1. The third kappa shape index (κ3) is 2.28. The number of rotatable bonds is 2. The molecule has 1 aromatic heterocycles. The second-order valence-corrected chi connectivity index (χ2v) is 3.27. The maximum Gasteiger partial charge on any atom is 0.341 e. The molecule has 0 aliphatic rings. The molecule has 0 aliphatic carbocycles. The van der Waals surface area contributed by atoms with E-state index in [9.17, 15) is 4.79 Å². The van der Waals surface area contributed by atoms with Gasteiger partial charge in [-0.15, -0.1) is 0 Å². The number of nitrogens with zero attached hydrogens (tertiary/aromatic N) is 1. The van der Waals surface area contributed by atoms with Crippen molar-refractivity contribution in [2.75, 3.05) is 6.61 Å². The number of esters is 1. The molecule has 0 saturated carbocycles. The minimum Gasteiger partial charge on any atom is -0.462 e. The minimum absolute atomic E-state index is 0.333. The standard InChI is InChI=1S/C9H10BrNO2/c1-3-13-9(12)7-6(2)4-5-11-8(7)10/h4-5H,3H2,1-2H3. The summed E-state index contributed by atoms with van der Waals surface area (Å²) >= 11 is 3.21. The molecular formula is C9H10BrNO2. The normalized spacial score (nSPS) is 9.77. The van der Waals surface area contributed by atoms with Gasteiger partial charge in [-0.25, -0.2) is 9.78 Å². The molecule has 0 saturated heterocycles. The molecule has 3 nitrogen and oxygen atoms in total. The molecule has 0 N–H and O–H groups in total. The first kappa shape index (κ1) is 10.2. The zero-order valence-corrected chi connectivity index (χ0v) is 9.09. The highest BCUT2D eigenvalue weighted by molar-refractivity contribution is 9.10. The molecule has 0 unspecified atom stereocenters. The lowest BCUT2D eigenvalue weighted by Crippen LogP contribution is -2.08.